The monoisotopic (exact) mass is 381 g/mol. The van der Waals surface area contributed by atoms with Gasteiger partial charge in [0.05, 0.1) is 6.42 Å². The first-order valence-corrected chi connectivity index (χ1v) is 9.71. The molecule has 0 aromatic heterocycles. The summed E-state index contributed by atoms with van der Waals surface area (Å²) in [5, 5.41) is 19.8. The van der Waals surface area contributed by atoms with Crippen molar-refractivity contribution in [2.24, 2.45) is 0 Å². The molecule has 0 aromatic carbocycles. The van der Waals surface area contributed by atoms with Gasteiger partial charge in [-0.2, -0.15) is 0 Å². The summed E-state index contributed by atoms with van der Waals surface area (Å²) in [5.41, 5.74) is 0. The molecule has 0 rings (SSSR count). The number of carbonyl (C=O) groups excluding carboxylic acids is 1. The van der Waals surface area contributed by atoms with Gasteiger partial charge in [0.25, 0.3) is 0 Å². The Morgan fingerprint density at radius 3 is 1.58 bits per heavy atom. The molecule has 26 heavy (non-hydrogen) atoms. The molecule has 7 heteroatoms. The van der Waals surface area contributed by atoms with Gasteiger partial charge in [0, 0.05) is 6.42 Å². The van der Waals surface area contributed by atoms with E-state index in [0.717, 1.165) is 12.8 Å². The molecule has 0 aliphatic carbocycles. The second-order valence-corrected chi connectivity index (χ2v) is 6.70. The van der Waals surface area contributed by atoms with Crippen molar-refractivity contribution in [3.8, 4) is 0 Å². The van der Waals surface area contributed by atoms with Crippen molar-refractivity contribution < 1.29 is 24.6 Å². The van der Waals surface area contributed by atoms with E-state index in [2.05, 4.69) is 12.2 Å². The van der Waals surface area contributed by atoms with Crippen molar-refractivity contribution in [1.29, 1.82) is 0 Å². The molecule has 0 heterocycles. The first kappa shape index (κ1) is 27.6. The maximum atomic E-state index is 11.7. The Morgan fingerprint density at radius 1 is 0.769 bits per heavy atom. The summed E-state index contributed by atoms with van der Waals surface area (Å²) in [4.78, 5) is 33.1. The van der Waals surface area contributed by atoms with Gasteiger partial charge in [-0.25, -0.2) is 4.79 Å². The minimum absolute atomic E-state index is 0. The Labute approximate surface area is 179 Å². The zero-order valence-electron chi connectivity index (χ0n) is 15.6. The van der Waals surface area contributed by atoms with E-state index in [4.69, 9.17) is 10.2 Å². The van der Waals surface area contributed by atoms with Gasteiger partial charge in [0.2, 0.25) is 5.91 Å². The zero-order chi connectivity index (χ0) is 18.9. The summed E-state index contributed by atoms with van der Waals surface area (Å²) in [5.74, 6) is -2.94. The van der Waals surface area contributed by atoms with Crippen LogP contribution in [0.5, 0.6) is 0 Å². The van der Waals surface area contributed by atoms with Gasteiger partial charge < -0.3 is 15.5 Å². The van der Waals surface area contributed by atoms with E-state index in [1.54, 1.807) is 0 Å². The number of aliphatic carboxylic acids is 2. The van der Waals surface area contributed by atoms with Crippen molar-refractivity contribution >= 4 is 47.4 Å². The minimum atomic E-state index is -1.35. The third kappa shape index (κ3) is 18.2. The number of amides is 1. The van der Waals surface area contributed by atoms with Crippen molar-refractivity contribution in [3.63, 3.8) is 0 Å². The molecular formula is C19H36NNaO5. The molecular weight excluding hydrogens is 345 g/mol. The Bertz CT molecular complexity index is 390. The molecule has 3 N–H and O–H groups in total. The van der Waals surface area contributed by atoms with Gasteiger partial charge in [-0.3, -0.25) is 9.59 Å². The fraction of sp³-hybridized carbons (Fsp3) is 0.842. The van der Waals surface area contributed by atoms with Gasteiger partial charge in [-0.1, -0.05) is 77.6 Å². The van der Waals surface area contributed by atoms with E-state index in [1.807, 2.05) is 0 Å². The van der Waals surface area contributed by atoms with Gasteiger partial charge in [-0.15, -0.1) is 0 Å². The second-order valence-electron chi connectivity index (χ2n) is 6.70. The molecule has 148 valence electrons. The van der Waals surface area contributed by atoms with Crippen LogP contribution in [0.25, 0.3) is 0 Å². The SMILES string of the molecule is CCCCCCCCCCCCCCC(=O)N[C@@H](CC(=O)O)C(=O)O.[NaH]. The Morgan fingerprint density at radius 2 is 1.19 bits per heavy atom. The predicted molar refractivity (Wildman–Crippen MR) is 105 cm³/mol. The number of nitrogens with one attached hydrogen (secondary N) is 1. The topological polar surface area (TPSA) is 104 Å². The third-order valence-corrected chi connectivity index (χ3v) is 4.27. The molecule has 0 saturated carbocycles. The molecule has 0 spiro atoms. The Kier molecular flexibility index (Phi) is 20.4. The van der Waals surface area contributed by atoms with Crippen LogP contribution in [0.1, 0.15) is 96.8 Å². The summed E-state index contributed by atoms with van der Waals surface area (Å²) in [6.45, 7) is 2.23. The van der Waals surface area contributed by atoms with Crippen LogP contribution in [0.4, 0.5) is 0 Å². The molecule has 1 amide bonds. The molecule has 0 radical (unpaired) electrons. The van der Waals surface area contributed by atoms with E-state index in [1.165, 1.54) is 57.8 Å². The van der Waals surface area contributed by atoms with Crippen LogP contribution < -0.4 is 5.32 Å². The normalized spacial score (nSPS) is 11.4. The molecule has 0 bridgehead atoms. The van der Waals surface area contributed by atoms with Crippen LogP contribution in [0, 0.1) is 0 Å². The van der Waals surface area contributed by atoms with Gasteiger partial charge >= 0.3 is 41.5 Å². The second kappa shape index (κ2) is 19.2. The maximum absolute atomic E-state index is 11.7. The first-order valence-electron chi connectivity index (χ1n) is 9.71. The number of carbonyl (C=O) groups is 3. The third-order valence-electron chi connectivity index (χ3n) is 4.27. The first-order chi connectivity index (χ1) is 12.0. The summed E-state index contributed by atoms with van der Waals surface area (Å²) in [6, 6.07) is -1.35. The van der Waals surface area contributed by atoms with Crippen molar-refractivity contribution in [2.45, 2.75) is 103 Å². The van der Waals surface area contributed by atoms with Crippen LogP contribution in [0.2, 0.25) is 0 Å². The average Bonchev–Trinajstić information content (AvgIpc) is 2.54. The Balaban J connectivity index is 0. The van der Waals surface area contributed by atoms with Crippen molar-refractivity contribution in [1.82, 2.24) is 5.32 Å². The summed E-state index contributed by atoms with van der Waals surface area (Å²) in [6.07, 6.45) is 14.1. The number of hydrogen-bond donors (Lipinski definition) is 3. The molecule has 6 nitrogen and oxygen atoms in total. The summed E-state index contributed by atoms with van der Waals surface area (Å²) >= 11 is 0. The van der Waals surface area contributed by atoms with Gasteiger partial charge in [0.1, 0.15) is 6.04 Å². The molecule has 0 aliphatic heterocycles. The van der Waals surface area contributed by atoms with Crippen LogP contribution in [-0.2, 0) is 14.4 Å². The van der Waals surface area contributed by atoms with E-state index in [0.29, 0.717) is 6.42 Å². The molecule has 1 atom stereocenters. The molecule has 0 saturated heterocycles. The number of unbranched alkanes of at least 4 members (excludes halogenated alkanes) is 11. The van der Waals surface area contributed by atoms with Crippen molar-refractivity contribution in [3.05, 3.63) is 0 Å². The van der Waals surface area contributed by atoms with E-state index >= 15 is 0 Å². The van der Waals surface area contributed by atoms with Gasteiger partial charge in [-0.05, 0) is 6.42 Å². The molecule has 0 fully saturated rings. The number of rotatable bonds is 17. The number of hydrogen-bond acceptors (Lipinski definition) is 3. The van der Waals surface area contributed by atoms with Crippen LogP contribution in [0.15, 0.2) is 0 Å². The number of carboxylic acids is 2. The standard InChI is InChI=1S/C19H35NO5.Na.H/c1-2-3-4-5-6-7-8-9-10-11-12-13-14-17(21)20-16(19(24)25)15-18(22)23;;/h16H,2-15H2,1H3,(H,20,21)(H,22,23)(H,24,25);;/t16-;;/m0../s1. The molecule has 0 unspecified atom stereocenters. The average molecular weight is 381 g/mol. The van der Waals surface area contributed by atoms with Gasteiger partial charge in [0.15, 0.2) is 0 Å². The van der Waals surface area contributed by atoms with E-state index in [9.17, 15) is 14.4 Å². The molecule has 0 aliphatic rings. The quantitative estimate of drug-likeness (QED) is 0.264. The van der Waals surface area contributed by atoms with Crippen molar-refractivity contribution in [2.75, 3.05) is 0 Å². The van der Waals surface area contributed by atoms with Crippen LogP contribution in [0.3, 0.4) is 0 Å². The molecule has 0 aromatic rings. The predicted octanol–water partition coefficient (Wildman–Crippen LogP) is 3.47. The van der Waals surface area contributed by atoms with E-state index < -0.39 is 24.4 Å². The van der Waals surface area contributed by atoms with Crippen LogP contribution in [-0.4, -0.2) is 63.7 Å². The Hall–Kier alpha value is -0.590. The zero-order valence-corrected chi connectivity index (χ0v) is 15.6. The summed E-state index contributed by atoms with van der Waals surface area (Å²) < 4.78 is 0. The number of carboxylic acid groups (broad SMARTS) is 2. The fourth-order valence-electron chi connectivity index (χ4n) is 2.77. The fourth-order valence-corrected chi connectivity index (χ4v) is 2.77. The van der Waals surface area contributed by atoms with Crippen LogP contribution >= 0.6 is 0 Å². The summed E-state index contributed by atoms with van der Waals surface area (Å²) in [7, 11) is 0. The van der Waals surface area contributed by atoms with E-state index in [-0.39, 0.29) is 41.9 Å².